The third-order valence-corrected chi connectivity index (χ3v) is 37.3. The van der Waals surface area contributed by atoms with E-state index in [0.717, 1.165) is 67.9 Å². The molecule has 72 heavy (non-hydrogen) atoms. The summed E-state index contributed by atoms with van der Waals surface area (Å²) in [6.07, 6.45) is 5.11. The van der Waals surface area contributed by atoms with Gasteiger partial charge in [0.2, 0.25) is 0 Å². The van der Waals surface area contributed by atoms with Gasteiger partial charge in [0, 0.05) is 26.4 Å². The number of benzene rings is 8. The number of rotatable bonds is 8. The van der Waals surface area contributed by atoms with Gasteiger partial charge >= 0.3 is 62.0 Å². The molecule has 3 aliphatic rings. The van der Waals surface area contributed by atoms with Gasteiger partial charge in [0.15, 0.2) is 0 Å². The molecule has 3 aliphatic heterocycles. The molecule has 11 rings (SSSR count). The summed E-state index contributed by atoms with van der Waals surface area (Å²) in [5.41, 5.74) is 0. The molecular weight excluding hydrogens is 1040 g/mol. The Bertz CT molecular complexity index is 2270. The Morgan fingerprint density at radius 1 is 0.250 bits per heavy atom. The molecule has 0 aliphatic carbocycles. The van der Waals surface area contributed by atoms with Crippen LogP contribution in [0.5, 0.6) is 0 Å². The SMILES string of the molecule is C1CCOC1.C1CCOC1.[Cl][Al]1[O][Si](c2ccccc2)(c2ccccc2)O[Si](c2ccccc2)(c2ccccc2)[O][Al]([Cl])[O][Si](c2ccccc2)(c2ccccc2)O[Si](c2ccccc2)(c2ccccc2)[O]1. The zero-order chi connectivity index (χ0) is 49.4. The van der Waals surface area contributed by atoms with E-state index in [1.807, 2.05) is 243 Å². The van der Waals surface area contributed by atoms with E-state index in [9.17, 15) is 0 Å². The molecule has 3 heterocycles. The second-order valence-corrected chi connectivity index (χ2v) is 35.4. The molecule has 0 N–H and O–H groups in total. The summed E-state index contributed by atoms with van der Waals surface area (Å²) in [6, 6.07) is 80.5. The minimum atomic E-state index is -4.00. The van der Waals surface area contributed by atoms with Crippen LogP contribution in [0.1, 0.15) is 25.7 Å². The van der Waals surface area contributed by atoms with Crippen molar-refractivity contribution in [3.63, 3.8) is 0 Å². The molecule has 0 radical (unpaired) electrons. The van der Waals surface area contributed by atoms with Crippen molar-refractivity contribution in [3.05, 3.63) is 243 Å². The molecule has 0 bridgehead atoms. The first-order valence-electron chi connectivity index (χ1n) is 24.5. The van der Waals surface area contributed by atoms with Crippen molar-refractivity contribution in [3.8, 4) is 0 Å². The van der Waals surface area contributed by atoms with Crippen molar-refractivity contribution < 1.29 is 31.6 Å². The highest BCUT2D eigenvalue weighted by Crippen LogP contribution is 2.29. The first kappa shape index (κ1) is 52.8. The molecule has 8 aromatic rings. The minimum absolute atomic E-state index is 0.830. The maximum Gasteiger partial charge on any atom is 0.794 e. The molecule has 0 aromatic heterocycles. The number of hydrogen-bond acceptors (Lipinski definition) is 8. The van der Waals surface area contributed by atoms with Crippen LogP contribution < -0.4 is 41.5 Å². The average Bonchev–Trinajstić information content (AvgIpc) is 4.26. The van der Waals surface area contributed by atoms with Crippen molar-refractivity contribution in [1.82, 2.24) is 0 Å². The van der Waals surface area contributed by atoms with Crippen molar-refractivity contribution in [2.75, 3.05) is 26.4 Å². The Labute approximate surface area is 446 Å². The molecule has 16 heteroatoms. The number of halogens is 2. The standard InChI is InChI=1S/2C24H20O3Si2.2C4H8O.2Al.2ClH/c2*25-28(21-13-5-1-6-14-21,22-15-7-2-8-16-22)27-29(26,23-17-9-3-10-18-23)24-19-11-4-12-20-24;2*1-2-4-5-3-1;;;;/h2*1-20H;2*1-4H2;;;2*1H/q2*-2;;;2*+3;;/p-2. The lowest BCUT2D eigenvalue weighted by Crippen LogP contribution is -2.80. The molecule has 3 saturated heterocycles. The summed E-state index contributed by atoms with van der Waals surface area (Å²) in [5.74, 6) is 0. The number of hydrogen-bond donors (Lipinski definition) is 0. The second kappa shape index (κ2) is 25.9. The van der Waals surface area contributed by atoms with Gasteiger partial charge in [0.05, 0.1) is 0 Å². The monoisotopic (exact) mass is 1090 g/mol. The van der Waals surface area contributed by atoms with E-state index in [1.165, 1.54) is 25.7 Å². The van der Waals surface area contributed by atoms with E-state index >= 15 is 0 Å². The van der Waals surface area contributed by atoms with Crippen LogP contribution in [-0.4, -0.2) is 88.5 Å². The quantitative estimate of drug-likeness (QED) is 0.149. The van der Waals surface area contributed by atoms with Gasteiger partial charge < -0.3 is 31.6 Å². The lowest BCUT2D eigenvalue weighted by molar-refractivity contribution is 0.198. The molecule has 0 spiro atoms. The predicted molar refractivity (Wildman–Crippen MR) is 301 cm³/mol. The van der Waals surface area contributed by atoms with E-state index in [1.54, 1.807) is 0 Å². The van der Waals surface area contributed by atoms with E-state index in [0.29, 0.717) is 0 Å². The minimum Gasteiger partial charge on any atom is -0.484 e. The van der Waals surface area contributed by atoms with Crippen LogP contribution in [0, 0.1) is 0 Å². The summed E-state index contributed by atoms with van der Waals surface area (Å²) in [6.45, 7) is 4.00. The van der Waals surface area contributed by atoms with Gasteiger partial charge in [0.1, 0.15) is 0 Å². The molecule has 0 unspecified atom stereocenters. The van der Waals surface area contributed by atoms with Gasteiger partial charge in [-0.2, -0.15) is 20.1 Å². The van der Waals surface area contributed by atoms with Crippen LogP contribution in [0.3, 0.4) is 0 Å². The van der Waals surface area contributed by atoms with E-state index < -0.39 is 62.0 Å². The second-order valence-electron chi connectivity index (χ2n) is 17.3. The molecule has 0 saturated carbocycles. The summed E-state index contributed by atoms with van der Waals surface area (Å²) >= 11 is -6.86. The Morgan fingerprint density at radius 2 is 0.403 bits per heavy atom. The first-order valence-corrected chi connectivity index (χ1v) is 37.1. The first-order chi connectivity index (χ1) is 35.5. The number of ether oxygens (including phenoxy) is 2. The zero-order valence-electron chi connectivity index (χ0n) is 39.9. The molecule has 0 amide bonds. The largest absolute Gasteiger partial charge is 0.794 e. The molecule has 3 fully saturated rings. The van der Waals surface area contributed by atoms with Gasteiger partial charge in [-0.15, -0.1) is 0 Å². The van der Waals surface area contributed by atoms with Gasteiger partial charge in [-0.3, -0.25) is 0 Å². The topological polar surface area (TPSA) is 73.8 Å². The third kappa shape index (κ3) is 12.4. The highest BCUT2D eigenvalue weighted by Gasteiger charge is 2.63. The highest BCUT2D eigenvalue weighted by molar-refractivity contribution is 7.17. The van der Waals surface area contributed by atoms with Crippen LogP contribution in [0.2, 0.25) is 0 Å². The van der Waals surface area contributed by atoms with Crippen LogP contribution in [0.15, 0.2) is 243 Å². The lowest BCUT2D eigenvalue weighted by atomic mass is 10.4. The maximum absolute atomic E-state index is 8.11. The normalized spacial score (nSPS) is 18.2. The van der Waals surface area contributed by atoms with Crippen LogP contribution in [-0.2, 0) is 31.6 Å². The Balaban J connectivity index is 0.000000572. The zero-order valence-corrected chi connectivity index (χ0v) is 47.7. The van der Waals surface area contributed by atoms with Crippen molar-refractivity contribution in [2.24, 2.45) is 0 Å². The van der Waals surface area contributed by atoms with Crippen LogP contribution in [0.4, 0.5) is 0 Å². The fourth-order valence-corrected chi connectivity index (χ4v) is 39.2. The summed E-state index contributed by atoms with van der Waals surface area (Å²) in [7, 11) is -0.187. The lowest BCUT2D eigenvalue weighted by Gasteiger charge is -2.47. The summed E-state index contributed by atoms with van der Waals surface area (Å²) in [4.78, 5) is 0. The fourth-order valence-electron chi connectivity index (χ4n) is 9.03. The smallest absolute Gasteiger partial charge is 0.484 e. The van der Waals surface area contributed by atoms with Crippen LogP contribution >= 0.6 is 20.1 Å². The van der Waals surface area contributed by atoms with Gasteiger partial charge in [-0.1, -0.05) is 243 Å². The Morgan fingerprint density at radius 3 is 0.528 bits per heavy atom. The maximum atomic E-state index is 8.11. The molecule has 8 nitrogen and oxygen atoms in total. The van der Waals surface area contributed by atoms with Gasteiger partial charge in [0.25, 0.3) is 0 Å². The van der Waals surface area contributed by atoms with Crippen molar-refractivity contribution in [1.29, 1.82) is 0 Å². The van der Waals surface area contributed by atoms with E-state index in [4.69, 9.17) is 51.7 Å². The fraction of sp³-hybridized carbons (Fsp3) is 0.143. The summed E-state index contributed by atoms with van der Waals surface area (Å²) in [5, 5.41) is 6.64. The van der Waals surface area contributed by atoms with Crippen LogP contribution in [0.25, 0.3) is 0 Å². The average molecular weight is 1090 g/mol. The third-order valence-electron chi connectivity index (χ3n) is 12.5. The molecule has 364 valence electrons. The molecule has 8 aromatic carbocycles. The highest BCUT2D eigenvalue weighted by atomic mass is 35.6. The van der Waals surface area contributed by atoms with Crippen molar-refractivity contribution >= 4 is 124 Å². The van der Waals surface area contributed by atoms with E-state index in [2.05, 4.69) is 0 Å². The predicted octanol–water partition coefficient (Wildman–Crippen LogP) is 7.17. The molecular formula is C56H56Al2Cl2O8Si4. The summed E-state index contributed by atoms with van der Waals surface area (Å²) < 4.78 is 56.7. The van der Waals surface area contributed by atoms with Gasteiger partial charge in [-0.05, 0) is 67.2 Å². The Hall–Kier alpha value is -4.05. The Kier molecular flexibility index (Phi) is 19.0. The molecule has 0 atom stereocenters. The van der Waals surface area contributed by atoms with E-state index in [-0.39, 0.29) is 0 Å². The van der Waals surface area contributed by atoms with Gasteiger partial charge in [-0.25, -0.2) is 0 Å². The van der Waals surface area contributed by atoms with Crippen molar-refractivity contribution in [2.45, 2.75) is 25.7 Å².